The molecule has 1 N–H and O–H groups in total. The summed E-state index contributed by atoms with van der Waals surface area (Å²) in [5.74, 6) is 0.340. The molecule has 0 fully saturated rings. The highest BCUT2D eigenvalue weighted by Gasteiger charge is 2.10. The summed E-state index contributed by atoms with van der Waals surface area (Å²) in [5, 5.41) is 8.97. The van der Waals surface area contributed by atoms with Crippen LogP contribution in [-0.2, 0) is 6.42 Å². The molecule has 0 atom stereocenters. The van der Waals surface area contributed by atoms with Crippen LogP contribution in [0.15, 0.2) is 46.9 Å². The molecule has 5 heteroatoms. The highest BCUT2D eigenvalue weighted by molar-refractivity contribution is 5.91. The first kappa shape index (κ1) is 13.2. The number of oxazole rings is 1. The number of hydrogen-bond acceptors (Lipinski definition) is 4. The molecule has 0 saturated carbocycles. The van der Waals surface area contributed by atoms with Gasteiger partial charge < -0.3 is 14.3 Å². The van der Waals surface area contributed by atoms with Crippen LogP contribution in [-0.4, -0.2) is 23.2 Å². The van der Waals surface area contributed by atoms with Crippen LogP contribution < -0.4 is 4.74 Å². The van der Waals surface area contributed by atoms with Crippen LogP contribution in [0.2, 0.25) is 0 Å². The van der Waals surface area contributed by atoms with Crippen molar-refractivity contribution in [2.24, 2.45) is 0 Å². The second-order valence-electron chi connectivity index (χ2n) is 4.62. The first-order valence-corrected chi connectivity index (χ1v) is 6.41. The predicted molar refractivity (Wildman–Crippen MR) is 76.8 cm³/mol. The van der Waals surface area contributed by atoms with Crippen molar-refractivity contribution in [1.82, 2.24) is 4.98 Å². The summed E-state index contributed by atoms with van der Waals surface area (Å²) in [7, 11) is 1.62. The monoisotopic (exact) mass is 283 g/mol. The van der Waals surface area contributed by atoms with E-state index in [4.69, 9.17) is 14.3 Å². The molecular formula is C16H13NO4. The number of carboxylic acid groups (broad SMARTS) is 1. The highest BCUT2D eigenvalue weighted by Crippen LogP contribution is 2.21. The summed E-state index contributed by atoms with van der Waals surface area (Å²) >= 11 is 0. The summed E-state index contributed by atoms with van der Waals surface area (Å²) in [6.45, 7) is 0. The number of rotatable bonds is 4. The lowest BCUT2D eigenvalue weighted by molar-refractivity contribution is 0.0697. The number of nitrogens with zero attached hydrogens (tertiary/aromatic N) is 1. The van der Waals surface area contributed by atoms with Crippen LogP contribution in [0, 0.1) is 0 Å². The van der Waals surface area contributed by atoms with E-state index in [0.717, 1.165) is 11.3 Å². The fourth-order valence-corrected chi connectivity index (χ4v) is 2.14. The molecule has 5 nitrogen and oxygen atoms in total. The Labute approximate surface area is 120 Å². The standard InChI is InChI=1S/C16H13NO4/c1-20-12-4-2-3-10(7-12)8-15-17-13-9-11(16(18)19)5-6-14(13)21-15/h2-7,9H,8H2,1H3,(H,18,19). The van der Waals surface area contributed by atoms with Gasteiger partial charge in [-0.2, -0.15) is 0 Å². The molecule has 0 spiro atoms. The number of methoxy groups -OCH3 is 1. The minimum absolute atomic E-state index is 0.198. The summed E-state index contributed by atoms with van der Waals surface area (Å²) < 4.78 is 10.8. The number of aromatic carboxylic acids is 1. The molecule has 21 heavy (non-hydrogen) atoms. The molecule has 0 bridgehead atoms. The fraction of sp³-hybridized carbons (Fsp3) is 0.125. The second kappa shape index (κ2) is 5.28. The van der Waals surface area contributed by atoms with E-state index >= 15 is 0 Å². The normalized spacial score (nSPS) is 10.7. The van der Waals surface area contributed by atoms with Gasteiger partial charge in [0.15, 0.2) is 11.5 Å². The van der Waals surface area contributed by atoms with E-state index < -0.39 is 5.97 Å². The zero-order chi connectivity index (χ0) is 14.8. The number of ether oxygens (including phenoxy) is 1. The van der Waals surface area contributed by atoms with Crippen molar-refractivity contribution >= 4 is 17.1 Å². The summed E-state index contributed by atoms with van der Waals surface area (Å²) in [4.78, 5) is 15.3. The summed E-state index contributed by atoms with van der Waals surface area (Å²) in [5.41, 5.74) is 2.34. The molecule has 0 amide bonds. The molecule has 1 heterocycles. The van der Waals surface area contributed by atoms with E-state index in [1.807, 2.05) is 24.3 Å². The highest BCUT2D eigenvalue weighted by atomic mass is 16.5. The van der Waals surface area contributed by atoms with E-state index in [1.165, 1.54) is 12.1 Å². The first-order valence-electron chi connectivity index (χ1n) is 6.41. The lowest BCUT2D eigenvalue weighted by Gasteiger charge is -2.01. The van der Waals surface area contributed by atoms with Crippen LogP contribution in [0.3, 0.4) is 0 Å². The Morgan fingerprint density at radius 3 is 2.90 bits per heavy atom. The van der Waals surface area contributed by atoms with Crippen molar-refractivity contribution in [2.45, 2.75) is 6.42 Å². The zero-order valence-electron chi connectivity index (χ0n) is 11.4. The van der Waals surface area contributed by atoms with Gasteiger partial charge in [0.05, 0.1) is 12.7 Å². The smallest absolute Gasteiger partial charge is 0.335 e. The van der Waals surface area contributed by atoms with Gasteiger partial charge in [0, 0.05) is 6.42 Å². The van der Waals surface area contributed by atoms with Crippen LogP contribution in [0.4, 0.5) is 0 Å². The third-order valence-corrected chi connectivity index (χ3v) is 3.17. The van der Waals surface area contributed by atoms with Gasteiger partial charge in [-0.25, -0.2) is 9.78 Å². The molecule has 3 aromatic rings. The Kier molecular flexibility index (Phi) is 3.31. The van der Waals surface area contributed by atoms with Gasteiger partial charge in [-0.05, 0) is 35.9 Å². The molecule has 3 rings (SSSR count). The number of fused-ring (bicyclic) bond motifs is 1. The van der Waals surface area contributed by atoms with Gasteiger partial charge in [0.1, 0.15) is 11.3 Å². The van der Waals surface area contributed by atoms with E-state index in [-0.39, 0.29) is 5.56 Å². The molecule has 0 aliphatic carbocycles. The van der Waals surface area contributed by atoms with Crippen molar-refractivity contribution in [2.75, 3.05) is 7.11 Å². The Balaban J connectivity index is 1.92. The number of hydrogen-bond donors (Lipinski definition) is 1. The van der Waals surface area contributed by atoms with E-state index in [1.54, 1.807) is 13.2 Å². The largest absolute Gasteiger partial charge is 0.497 e. The minimum atomic E-state index is -0.978. The van der Waals surface area contributed by atoms with E-state index in [0.29, 0.717) is 23.4 Å². The van der Waals surface area contributed by atoms with Crippen molar-refractivity contribution in [3.63, 3.8) is 0 Å². The molecule has 0 radical (unpaired) electrons. The predicted octanol–water partition coefficient (Wildman–Crippen LogP) is 3.13. The number of carboxylic acids is 1. The molecule has 2 aromatic carbocycles. The summed E-state index contributed by atoms with van der Waals surface area (Å²) in [6, 6.07) is 12.3. The number of aromatic nitrogens is 1. The van der Waals surface area contributed by atoms with Crippen LogP contribution in [0.1, 0.15) is 21.8 Å². The topological polar surface area (TPSA) is 72.6 Å². The van der Waals surface area contributed by atoms with Crippen molar-refractivity contribution in [3.05, 3.63) is 59.5 Å². The van der Waals surface area contributed by atoms with Gasteiger partial charge in [-0.1, -0.05) is 12.1 Å². The van der Waals surface area contributed by atoms with Crippen LogP contribution >= 0.6 is 0 Å². The molecule has 1 aromatic heterocycles. The van der Waals surface area contributed by atoms with Crippen LogP contribution in [0.5, 0.6) is 5.75 Å². The maximum atomic E-state index is 10.9. The van der Waals surface area contributed by atoms with Gasteiger partial charge in [0.2, 0.25) is 0 Å². The van der Waals surface area contributed by atoms with Gasteiger partial charge >= 0.3 is 5.97 Å². The average Bonchev–Trinajstić information content (AvgIpc) is 2.88. The Bertz CT molecular complexity index is 807. The SMILES string of the molecule is COc1cccc(Cc2nc3cc(C(=O)O)ccc3o2)c1. The second-order valence-corrected chi connectivity index (χ2v) is 4.62. The maximum Gasteiger partial charge on any atom is 0.335 e. The molecule has 0 aliphatic heterocycles. The first-order chi connectivity index (χ1) is 10.2. The van der Waals surface area contributed by atoms with Gasteiger partial charge in [-0.3, -0.25) is 0 Å². The Hall–Kier alpha value is -2.82. The minimum Gasteiger partial charge on any atom is -0.497 e. The molecular weight excluding hydrogens is 270 g/mol. The average molecular weight is 283 g/mol. The molecule has 0 unspecified atom stereocenters. The van der Waals surface area contributed by atoms with E-state index in [2.05, 4.69) is 4.98 Å². The summed E-state index contributed by atoms with van der Waals surface area (Å²) in [6.07, 6.45) is 0.522. The molecule has 0 aliphatic rings. The third kappa shape index (κ3) is 2.72. The Morgan fingerprint density at radius 2 is 2.14 bits per heavy atom. The molecule has 0 saturated heterocycles. The van der Waals surface area contributed by atoms with Crippen molar-refractivity contribution < 1.29 is 19.1 Å². The fourth-order valence-electron chi connectivity index (χ4n) is 2.14. The van der Waals surface area contributed by atoms with Crippen LogP contribution in [0.25, 0.3) is 11.1 Å². The third-order valence-electron chi connectivity index (χ3n) is 3.17. The van der Waals surface area contributed by atoms with E-state index in [9.17, 15) is 4.79 Å². The lowest BCUT2D eigenvalue weighted by Crippen LogP contribution is -1.94. The lowest BCUT2D eigenvalue weighted by atomic mass is 10.1. The van der Waals surface area contributed by atoms with Crippen molar-refractivity contribution in [3.8, 4) is 5.75 Å². The van der Waals surface area contributed by atoms with Gasteiger partial charge in [0.25, 0.3) is 0 Å². The zero-order valence-corrected chi connectivity index (χ0v) is 11.4. The van der Waals surface area contributed by atoms with Gasteiger partial charge in [-0.15, -0.1) is 0 Å². The van der Waals surface area contributed by atoms with Crippen molar-refractivity contribution in [1.29, 1.82) is 0 Å². The number of carbonyl (C=O) groups is 1. The maximum absolute atomic E-state index is 10.9. The number of benzene rings is 2. The molecule has 106 valence electrons. The Morgan fingerprint density at radius 1 is 1.29 bits per heavy atom. The quantitative estimate of drug-likeness (QED) is 0.796.